The van der Waals surface area contributed by atoms with Crippen LogP contribution in [0.3, 0.4) is 0 Å². The van der Waals surface area contributed by atoms with Crippen LogP contribution in [0.4, 0.5) is 0 Å². The summed E-state index contributed by atoms with van der Waals surface area (Å²) in [6.07, 6.45) is 0. The maximum Gasteiger partial charge on any atom is 0.180 e. The average Bonchev–Trinajstić information content (AvgIpc) is 3.85. The number of hydrogen-bond acceptors (Lipinski definition) is 6. The molecule has 0 aliphatic rings. The first-order chi connectivity index (χ1) is 27.7. The molecule has 0 saturated heterocycles. The van der Waals surface area contributed by atoms with Crippen LogP contribution in [0.25, 0.3) is 112 Å². The fourth-order valence-electron chi connectivity index (χ4n) is 7.64. The lowest BCUT2D eigenvalue weighted by molar-refractivity contribution is 0.666. The Morgan fingerprint density at radius 1 is 0.304 bits per heavy atom. The van der Waals surface area contributed by atoms with Gasteiger partial charge < -0.3 is 8.83 Å². The topological polar surface area (TPSA) is 77.8 Å². The van der Waals surface area contributed by atoms with Crippen LogP contribution in [-0.4, -0.2) is 19.9 Å². The molecule has 0 saturated carbocycles. The van der Waals surface area contributed by atoms with Crippen LogP contribution in [-0.2, 0) is 0 Å². The summed E-state index contributed by atoms with van der Waals surface area (Å²) < 4.78 is 13.2. The van der Waals surface area contributed by atoms with Crippen molar-refractivity contribution >= 4 is 44.1 Å². The van der Waals surface area contributed by atoms with Crippen molar-refractivity contribution in [2.45, 2.75) is 0 Å². The van der Waals surface area contributed by atoms with E-state index in [4.69, 9.17) is 28.8 Å². The Morgan fingerprint density at radius 3 is 1.14 bits per heavy atom. The lowest BCUT2D eigenvalue weighted by Crippen LogP contribution is -1.98. The predicted octanol–water partition coefficient (Wildman–Crippen LogP) is 13.1. The minimum absolute atomic E-state index is 0.599. The van der Waals surface area contributed by atoms with Gasteiger partial charge in [-0.2, -0.15) is 0 Å². The molecule has 6 heteroatoms. The van der Waals surface area contributed by atoms with Gasteiger partial charge >= 0.3 is 0 Å². The van der Waals surface area contributed by atoms with Crippen LogP contribution < -0.4 is 0 Å². The molecule has 7 aromatic carbocycles. The molecule has 4 aromatic heterocycles. The molecule has 0 unspecified atom stereocenters. The Bertz CT molecular complexity index is 3040. The molecule has 0 amide bonds. The third kappa shape index (κ3) is 5.35. The van der Waals surface area contributed by atoms with E-state index in [2.05, 4.69) is 109 Å². The SMILES string of the molecule is c1ccc(-c2cccc(-c3nc(-c4ccccc4-c4nc(-c5cccc(-c6ccccc6)c5)nc5c4oc4ccccc45)c4oc5ccccc5c4n3)c2)cc1. The van der Waals surface area contributed by atoms with Gasteiger partial charge in [-0.25, -0.2) is 19.9 Å². The van der Waals surface area contributed by atoms with Crippen molar-refractivity contribution in [2.24, 2.45) is 0 Å². The normalized spacial score (nSPS) is 11.6. The lowest BCUT2D eigenvalue weighted by Gasteiger charge is -2.13. The highest BCUT2D eigenvalue weighted by Crippen LogP contribution is 2.43. The van der Waals surface area contributed by atoms with Crippen molar-refractivity contribution in [3.05, 3.63) is 182 Å². The van der Waals surface area contributed by atoms with Gasteiger partial charge in [-0.15, -0.1) is 0 Å². The first-order valence-corrected chi connectivity index (χ1v) is 18.6. The number of rotatable bonds is 6. The summed E-state index contributed by atoms with van der Waals surface area (Å²) in [5, 5.41) is 1.85. The van der Waals surface area contributed by atoms with Gasteiger partial charge in [-0.1, -0.05) is 146 Å². The number of nitrogens with zero attached hydrogens (tertiary/aromatic N) is 4. The molecule has 0 bridgehead atoms. The van der Waals surface area contributed by atoms with Crippen LogP contribution in [0.5, 0.6) is 0 Å². The van der Waals surface area contributed by atoms with E-state index in [0.29, 0.717) is 34.2 Å². The van der Waals surface area contributed by atoms with Crippen molar-refractivity contribution in [3.8, 4) is 67.5 Å². The molecule has 11 rings (SSSR count). The van der Waals surface area contributed by atoms with Gasteiger partial charge in [-0.3, -0.25) is 0 Å². The number of fused-ring (bicyclic) bond motifs is 6. The minimum atomic E-state index is 0.599. The quantitative estimate of drug-likeness (QED) is 0.170. The fraction of sp³-hybridized carbons (Fsp3) is 0. The van der Waals surface area contributed by atoms with Crippen LogP contribution in [0, 0.1) is 0 Å². The zero-order chi connectivity index (χ0) is 37.0. The number of benzene rings is 7. The molecule has 0 fully saturated rings. The second kappa shape index (κ2) is 13.0. The summed E-state index contributed by atoms with van der Waals surface area (Å²) in [7, 11) is 0. The largest absolute Gasteiger partial charge is 0.452 e. The van der Waals surface area contributed by atoms with Crippen molar-refractivity contribution in [3.63, 3.8) is 0 Å². The van der Waals surface area contributed by atoms with Crippen LogP contribution in [0.2, 0.25) is 0 Å². The second-order valence-electron chi connectivity index (χ2n) is 13.8. The van der Waals surface area contributed by atoms with Crippen LogP contribution in [0.1, 0.15) is 0 Å². The maximum absolute atomic E-state index is 6.62. The molecule has 6 nitrogen and oxygen atoms in total. The number of hydrogen-bond donors (Lipinski definition) is 0. The smallest absolute Gasteiger partial charge is 0.180 e. The van der Waals surface area contributed by atoms with E-state index in [1.165, 1.54) is 0 Å². The third-order valence-electron chi connectivity index (χ3n) is 10.3. The standard InChI is InChI=1S/C50H30N4O2/c1-3-15-31(16-4-1)33-19-13-21-35(29-33)49-51-43(47-45(53-49)39-25-9-11-27-41(39)55-47)37-23-7-8-24-38(37)44-48-46(40-26-10-12-28-42(40)56-48)54-50(52-44)36-22-14-20-34(30-36)32-17-5-2-6-18-32/h1-30H. The van der Waals surface area contributed by atoms with Crippen LogP contribution in [0.15, 0.2) is 191 Å². The summed E-state index contributed by atoms with van der Waals surface area (Å²) in [4.78, 5) is 21.0. The highest BCUT2D eigenvalue weighted by Gasteiger charge is 2.24. The summed E-state index contributed by atoms with van der Waals surface area (Å²) in [5.74, 6) is 1.20. The molecule has 56 heavy (non-hydrogen) atoms. The monoisotopic (exact) mass is 718 g/mol. The summed E-state index contributed by atoms with van der Waals surface area (Å²) in [5.41, 5.74) is 13.4. The van der Waals surface area contributed by atoms with E-state index in [1.54, 1.807) is 0 Å². The van der Waals surface area contributed by atoms with Gasteiger partial charge in [0.25, 0.3) is 0 Å². The maximum atomic E-state index is 6.62. The van der Waals surface area contributed by atoms with Gasteiger partial charge in [0.15, 0.2) is 22.8 Å². The predicted molar refractivity (Wildman–Crippen MR) is 225 cm³/mol. The fourth-order valence-corrected chi connectivity index (χ4v) is 7.64. The first kappa shape index (κ1) is 31.8. The van der Waals surface area contributed by atoms with Gasteiger partial charge in [0, 0.05) is 33.0 Å². The Labute approximate surface area is 321 Å². The van der Waals surface area contributed by atoms with Gasteiger partial charge in [0.2, 0.25) is 0 Å². The van der Waals surface area contributed by atoms with E-state index in [-0.39, 0.29) is 0 Å². The molecule has 262 valence electrons. The Hall–Kier alpha value is -7.70. The molecule has 0 aliphatic heterocycles. The van der Waals surface area contributed by atoms with Crippen LogP contribution >= 0.6 is 0 Å². The molecule has 0 N–H and O–H groups in total. The van der Waals surface area contributed by atoms with Crippen molar-refractivity contribution < 1.29 is 8.83 Å². The highest BCUT2D eigenvalue weighted by molar-refractivity contribution is 6.11. The van der Waals surface area contributed by atoms with Gasteiger partial charge in [0.1, 0.15) is 33.6 Å². The molecular weight excluding hydrogens is 689 g/mol. The third-order valence-corrected chi connectivity index (χ3v) is 10.3. The summed E-state index contributed by atoms with van der Waals surface area (Å²) in [6, 6.07) is 61.6. The molecular formula is C50H30N4O2. The molecule has 0 radical (unpaired) electrons. The van der Waals surface area contributed by atoms with Crippen molar-refractivity contribution in [1.82, 2.24) is 19.9 Å². The van der Waals surface area contributed by atoms with E-state index >= 15 is 0 Å². The van der Waals surface area contributed by atoms with Crippen molar-refractivity contribution in [1.29, 1.82) is 0 Å². The highest BCUT2D eigenvalue weighted by atomic mass is 16.3. The summed E-state index contributed by atoms with van der Waals surface area (Å²) >= 11 is 0. The number of para-hydroxylation sites is 2. The number of furan rings is 2. The average molecular weight is 719 g/mol. The zero-order valence-electron chi connectivity index (χ0n) is 29.9. The Kier molecular flexibility index (Phi) is 7.38. The molecule has 0 aliphatic carbocycles. The van der Waals surface area contributed by atoms with E-state index in [0.717, 1.165) is 77.5 Å². The lowest BCUT2D eigenvalue weighted by atomic mass is 9.98. The summed E-state index contributed by atoms with van der Waals surface area (Å²) in [6.45, 7) is 0. The second-order valence-corrected chi connectivity index (χ2v) is 13.8. The van der Waals surface area contributed by atoms with Gasteiger partial charge in [0.05, 0.1) is 0 Å². The Morgan fingerprint density at radius 2 is 0.679 bits per heavy atom. The zero-order valence-corrected chi connectivity index (χ0v) is 29.9. The molecule has 11 aromatic rings. The van der Waals surface area contributed by atoms with E-state index in [1.807, 2.05) is 72.8 Å². The molecule has 4 heterocycles. The molecule has 0 spiro atoms. The van der Waals surface area contributed by atoms with E-state index < -0.39 is 0 Å². The van der Waals surface area contributed by atoms with E-state index in [9.17, 15) is 0 Å². The Balaban J connectivity index is 1.16. The molecule has 0 atom stereocenters. The van der Waals surface area contributed by atoms with Crippen molar-refractivity contribution in [2.75, 3.05) is 0 Å². The van der Waals surface area contributed by atoms with Gasteiger partial charge in [-0.05, 0) is 58.7 Å². The first-order valence-electron chi connectivity index (χ1n) is 18.6. The number of aromatic nitrogens is 4. The minimum Gasteiger partial charge on any atom is -0.452 e.